The zero-order valence-corrected chi connectivity index (χ0v) is 29.2. The third-order valence-electron chi connectivity index (χ3n) is 9.30. The van der Waals surface area contributed by atoms with Crippen LogP contribution in [0, 0.1) is 0 Å². The number of aromatic hydroxyl groups is 1. The van der Waals surface area contributed by atoms with Crippen molar-refractivity contribution >= 4 is 11.0 Å². The Morgan fingerprint density at radius 3 is 2.00 bits per heavy atom. The van der Waals surface area contributed by atoms with Crippen LogP contribution in [-0.4, -0.2) is 19.6 Å². The van der Waals surface area contributed by atoms with Gasteiger partial charge < -0.3 is 5.11 Å². The molecule has 0 aliphatic heterocycles. The molecule has 7 aromatic rings. The fraction of sp³-hybridized carbons (Fsp3) is 0.200. The minimum Gasteiger partial charge on any atom is -0.507 e. The molecule has 244 valence electrons. The largest absolute Gasteiger partial charge is 0.507 e. The summed E-state index contributed by atoms with van der Waals surface area (Å²) < 4.78 is 2.26. The van der Waals surface area contributed by atoms with Crippen LogP contribution in [0.3, 0.4) is 0 Å². The lowest BCUT2D eigenvalue weighted by molar-refractivity contribution is 0.446. The predicted octanol–water partition coefficient (Wildman–Crippen LogP) is 11.3. The molecule has 0 aliphatic rings. The summed E-state index contributed by atoms with van der Waals surface area (Å²) >= 11 is 0. The monoisotopic (exact) mass is 641 g/mol. The van der Waals surface area contributed by atoms with Crippen LogP contribution >= 0.6 is 0 Å². The van der Waals surface area contributed by atoms with Crippen molar-refractivity contribution in [3.8, 4) is 45.2 Å². The molecule has 0 fully saturated rings. The molecule has 0 spiro atoms. The van der Waals surface area contributed by atoms with Gasteiger partial charge >= 0.3 is 0 Å². The van der Waals surface area contributed by atoms with E-state index in [9.17, 15) is 5.11 Å². The highest BCUT2D eigenvalue weighted by Gasteiger charge is 2.29. The highest BCUT2D eigenvalue weighted by molar-refractivity contribution is 5.98. The minimum absolute atomic E-state index is 0.137. The van der Waals surface area contributed by atoms with Crippen LogP contribution in [0.2, 0.25) is 0 Å². The third-order valence-corrected chi connectivity index (χ3v) is 9.30. The number of phenolic OH excluding ortho intramolecular Hbond substituents is 1. The Morgan fingerprint density at radius 2 is 1.33 bits per heavy atom. The van der Waals surface area contributed by atoms with Crippen LogP contribution in [0.4, 0.5) is 0 Å². The Kier molecular flexibility index (Phi) is 8.20. The van der Waals surface area contributed by atoms with Crippen molar-refractivity contribution < 1.29 is 5.11 Å². The van der Waals surface area contributed by atoms with Gasteiger partial charge in [-0.3, -0.25) is 9.55 Å². The summed E-state index contributed by atoms with van der Waals surface area (Å²) in [5.74, 6) is 0.995. The molecule has 0 atom stereocenters. The zero-order chi connectivity index (χ0) is 34.3. The van der Waals surface area contributed by atoms with Crippen LogP contribution in [0.25, 0.3) is 50.5 Å². The molecule has 0 amide bonds. The Morgan fingerprint density at radius 1 is 0.633 bits per heavy atom. The zero-order valence-electron chi connectivity index (χ0n) is 29.2. The predicted molar refractivity (Wildman–Crippen MR) is 203 cm³/mol. The molecule has 2 aromatic heterocycles. The second kappa shape index (κ2) is 12.5. The van der Waals surface area contributed by atoms with E-state index < -0.39 is 0 Å². The third kappa shape index (κ3) is 6.27. The molecule has 0 bridgehead atoms. The number of imidazole rings is 1. The van der Waals surface area contributed by atoms with Gasteiger partial charge in [0.05, 0.1) is 22.3 Å². The number of hydrogen-bond acceptors (Lipinski definition) is 3. The van der Waals surface area contributed by atoms with Crippen molar-refractivity contribution in [2.45, 2.75) is 58.8 Å². The molecule has 2 heterocycles. The van der Waals surface area contributed by atoms with Gasteiger partial charge in [-0.15, -0.1) is 0 Å². The van der Waals surface area contributed by atoms with E-state index in [0.717, 1.165) is 73.6 Å². The maximum atomic E-state index is 12.2. The van der Waals surface area contributed by atoms with Gasteiger partial charge in [0.15, 0.2) is 0 Å². The van der Waals surface area contributed by atoms with Gasteiger partial charge in [0, 0.05) is 28.6 Å². The molecule has 0 saturated heterocycles. The standard InChI is InChI=1S/C45H43N3O/c1-44(2,3)34-28-37(42(49)38(29-34)45(4,5)6)43-47-40-36(31-18-15-19-32(27-31)39-22-13-14-25-46-39)24-23-33(26-30-16-9-7-10-17-30)41(40)48(43)35-20-11-8-12-21-35/h7-25,27-29,49H,26H2,1-6H3. The quantitative estimate of drug-likeness (QED) is 0.197. The molecule has 7 rings (SSSR count). The SMILES string of the molecule is CC(C)(C)c1cc(-c2nc3c(-c4cccc(-c5ccccn5)c4)ccc(Cc4ccccc4)c3n2-c2ccccc2)c(O)c(C(C)(C)C)c1. The van der Waals surface area contributed by atoms with E-state index in [0.29, 0.717) is 0 Å². The summed E-state index contributed by atoms with van der Waals surface area (Å²) in [7, 11) is 0. The molecule has 0 radical (unpaired) electrons. The van der Waals surface area contributed by atoms with Crippen molar-refractivity contribution in [2.24, 2.45) is 0 Å². The van der Waals surface area contributed by atoms with Gasteiger partial charge in [-0.05, 0) is 75.9 Å². The average molecular weight is 642 g/mol. The van der Waals surface area contributed by atoms with Crippen molar-refractivity contribution in [1.29, 1.82) is 0 Å². The summed E-state index contributed by atoms with van der Waals surface area (Å²) in [6.07, 6.45) is 2.57. The van der Waals surface area contributed by atoms with Gasteiger partial charge in [-0.1, -0.05) is 133 Å². The number of phenols is 1. The van der Waals surface area contributed by atoms with E-state index in [1.807, 2.05) is 30.5 Å². The fourth-order valence-corrected chi connectivity index (χ4v) is 6.64. The van der Waals surface area contributed by atoms with E-state index in [1.165, 1.54) is 5.56 Å². The number of nitrogens with zero attached hydrogens (tertiary/aromatic N) is 3. The molecule has 0 saturated carbocycles. The molecule has 4 nitrogen and oxygen atoms in total. The second-order valence-corrected chi connectivity index (χ2v) is 15.0. The van der Waals surface area contributed by atoms with Crippen molar-refractivity contribution in [1.82, 2.24) is 14.5 Å². The van der Waals surface area contributed by atoms with Gasteiger partial charge in [0.2, 0.25) is 0 Å². The Balaban J connectivity index is 1.59. The lowest BCUT2D eigenvalue weighted by atomic mass is 9.79. The van der Waals surface area contributed by atoms with Gasteiger partial charge in [0.1, 0.15) is 11.6 Å². The molecule has 4 heteroatoms. The molecule has 1 N–H and O–H groups in total. The molecule has 5 aromatic carbocycles. The van der Waals surface area contributed by atoms with Crippen LogP contribution in [0.15, 0.2) is 134 Å². The first-order valence-corrected chi connectivity index (χ1v) is 17.0. The summed E-state index contributed by atoms with van der Waals surface area (Å²) in [5.41, 5.74) is 11.8. The topological polar surface area (TPSA) is 50.9 Å². The minimum atomic E-state index is -0.279. The average Bonchev–Trinajstić information content (AvgIpc) is 3.50. The van der Waals surface area contributed by atoms with Crippen LogP contribution in [0.5, 0.6) is 5.75 Å². The molecular weight excluding hydrogens is 599 g/mol. The van der Waals surface area contributed by atoms with E-state index in [4.69, 9.17) is 4.98 Å². The normalized spacial score (nSPS) is 12.0. The van der Waals surface area contributed by atoms with Crippen LogP contribution < -0.4 is 0 Å². The number of aromatic nitrogens is 3. The van der Waals surface area contributed by atoms with Crippen molar-refractivity contribution in [2.75, 3.05) is 0 Å². The number of pyridine rings is 1. The Labute approximate surface area is 289 Å². The van der Waals surface area contributed by atoms with E-state index in [1.54, 1.807) is 0 Å². The molecule has 0 aliphatic carbocycles. The Hall–Kier alpha value is -5.48. The lowest BCUT2D eigenvalue weighted by Gasteiger charge is -2.27. The van der Waals surface area contributed by atoms with Crippen LogP contribution in [-0.2, 0) is 17.3 Å². The van der Waals surface area contributed by atoms with Gasteiger partial charge in [0.25, 0.3) is 0 Å². The molecule has 0 unspecified atom stereocenters. The van der Waals surface area contributed by atoms with Gasteiger partial charge in [-0.25, -0.2) is 4.98 Å². The first-order chi connectivity index (χ1) is 23.5. The van der Waals surface area contributed by atoms with Crippen molar-refractivity contribution in [3.63, 3.8) is 0 Å². The highest BCUT2D eigenvalue weighted by Crippen LogP contribution is 2.45. The number of hydrogen-bond donors (Lipinski definition) is 1. The smallest absolute Gasteiger partial charge is 0.149 e. The highest BCUT2D eigenvalue weighted by atomic mass is 16.3. The first kappa shape index (κ1) is 32.1. The summed E-state index contributed by atoms with van der Waals surface area (Å²) in [6.45, 7) is 13.1. The van der Waals surface area contributed by atoms with Crippen LogP contribution in [0.1, 0.15) is 63.8 Å². The summed E-state index contributed by atoms with van der Waals surface area (Å²) in [6, 6.07) is 44.3. The van der Waals surface area contributed by atoms with E-state index in [-0.39, 0.29) is 16.6 Å². The number of benzene rings is 5. The van der Waals surface area contributed by atoms with Crippen molar-refractivity contribution in [3.05, 3.63) is 156 Å². The lowest BCUT2D eigenvalue weighted by Crippen LogP contribution is -2.17. The first-order valence-electron chi connectivity index (χ1n) is 17.0. The number of fused-ring (bicyclic) bond motifs is 1. The molecular formula is C45H43N3O. The number of para-hydroxylation sites is 1. The maximum Gasteiger partial charge on any atom is 0.149 e. The molecule has 49 heavy (non-hydrogen) atoms. The fourth-order valence-electron chi connectivity index (χ4n) is 6.64. The summed E-state index contributed by atoms with van der Waals surface area (Å²) in [4.78, 5) is 10.2. The van der Waals surface area contributed by atoms with E-state index >= 15 is 0 Å². The maximum absolute atomic E-state index is 12.2. The second-order valence-electron chi connectivity index (χ2n) is 15.0. The Bertz CT molecular complexity index is 2260. The number of rotatable bonds is 6. The van der Waals surface area contributed by atoms with Gasteiger partial charge in [-0.2, -0.15) is 0 Å². The van der Waals surface area contributed by atoms with E-state index in [2.05, 4.69) is 154 Å². The summed E-state index contributed by atoms with van der Waals surface area (Å²) in [5, 5.41) is 12.2.